The van der Waals surface area contributed by atoms with Gasteiger partial charge in [-0.15, -0.1) is 0 Å². The molecule has 1 aliphatic rings. The van der Waals surface area contributed by atoms with E-state index in [4.69, 9.17) is 4.74 Å². The summed E-state index contributed by atoms with van der Waals surface area (Å²) >= 11 is 0. The molecule has 5 nitrogen and oxygen atoms in total. The molecule has 1 aromatic rings. The summed E-state index contributed by atoms with van der Waals surface area (Å²) in [6.07, 6.45) is 0.476. The molecular weight excluding hydrogens is 304 g/mol. The van der Waals surface area contributed by atoms with Crippen molar-refractivity contribution in [1.29, 1.82) is 0 Å². The van der Waals surface area contributed by atoms with Crippen LogP contribution in [0.4, 0.5) is 4.79 Å². The third kappa shape index (κ3) is 4.41. The Hall–Kier alpha value is -1.75. The predicted molar refractivity (Wildman–Crippen MR) is 95.1 cm³/mol. The Morgan fingerprint density at radius 2 is 2.12 bits per heavy atom. The average molecular weight is 334 g/mol. The largest absolute Gasteiger partial charge is 0.497 e. The lowest BCUT2D eigenvalue weighted by molar-refractivity contribution is 0.128. The highest BCUT2D eigenvalue weighted by molar-refractivity contribution is 5.75. The number of carbonyl (C=O) groups excluding carboxylic acids is 1. The van der Waals surface area contributed by atoms with Gasteiger partial charge in [0.15, 0.2) is 0 Å². The first-order valence-electron chi connectivity index (χ1n) is 8.60. The Kier molecular flexibility index (Phi) is 5.75. The molecule has 24 heavy (non-hydrogen) atoms. The fourth-order valence-electron chi connectivity index (χ4n) is 3.20. The monoisotopic (exact) mass is 334 g/mol. The number of urea groups is 1. The molecule has 1 fully saturated rings. The molecule has 0 spiro atoms. The van der Waals surface area contributed by atoms with E-state index in [1.165, 1.54) is 0 Å². The van der Waals surface area contributed by atoms with Gasteiger partial charge in [-0.2, -0.15) is 0 Å². The Bertz CT molecular complexity index is 566. The van der Waals surface area contributed by atoms with Crippen LogP contribution in [0, 0.1) is 11.3 Å². The van der Waals surface area contributed by atoms with Crippen molar-refractivity contribution < 1.29 is 14.6 Å². The number of ether oxygens (including phenoxy) is 1. The first-order chi connectivity index (χ1) is 11.2. The number of nitrogens with zero attached hydrogens (tertiary/aromatic N) is 1. The number of hydrogen-bond donors (Lipinski definition) is 2. The Labute approximate surface area is 145 Å². The van der Waals surface area contributed by atoms with Gasteiger partial charge in [0.2, 0.25) is 0 Å². The third-order valence-corrected chi connectivity index (χ3v) is 4.76. The lowest BCUT2D eigenvalue weighted by Crippen LogP contribution is -2.44. The topological polar surface area (TPSA) is 61.8 Å². The van der Waals surface area contributed by atoms with Gasteiger partial charge in [0.05, 0.1) is 19.3 Å². The van der Waals surface area contributed by atoms with Crippen LogP contribution in [0.2, 0.25) is 0 Å². The van der Waals surface area contributed by atoms with Crippen molar-refractivity contribution in [3.63, 3.8) is 0 Å². The molecule has 1 saturated heterocycles. The Morgan fingerprint density at radius 3 is 2.67 bits per heavy atom. The van der Waals surface area contributed by atoms with Gasteiger partial charge in [-0.25, -0.2) is 4.79 Å². The van der Waals surface area contributed by atoms with E-state index in [0.717, 1.165) is 17.7 Å². The lowest BCUT2D eigenvalue weighted by atomic mass is 9.82. The maximum atomic E-state index is 12.7. The standard InChI is InChI=1S/C19H30N2O3/c1-13(22)15-9-10-21(12-15)18(23)20-17(19(2,3)4)14-7-6-8-16(11-14)24-5/h6-8,11,13,15,17,22H,9-10,12H2,1-5H3,(H,20,23)/t13-,15-,17+/m1/s1. The minimum atomic E-state index is -0.375. The van der Waals surface area contributed by atoms with E-state index >= 15 is 0 Å². The van der Waals surface area contributed by atoms with Crippen molar-refractivity contribution in [1.82, 2.24) is 10.2 Å². The second-order valence-corrected chi connectivity index (χ2v) is 7.76. The van der Waals surface area contributed by atoms with Gasteiger partial charge in [-0.1, -0.05) is 32.9 Å². The van der Waals surface area contributed by atoms with Crippen LogP contribution in [0.1, 0.15) is 45.7 Å². The van der Waals surface area contributed by atoms with Crippen molar-refractivity contribution in [2.24, 2.45) is 11.3 Å². The molecule has 5 heteroatoms. The van der Waals surface area contributed by atoms with E-state index in [1.54, 1.807) is 18.9 Å². The quantitative estimate of drug-likeness (QED) is 0.889. The summed E-state index contributed by atoms with van der Waals surface area (Å²) in [4.78, 5) is 14.5. The maximum absolute atomic E-state index is 12.7. The van der Waals surface area contributed by atoms with Crippen LogP contribution < -0.4 is 10.1 Å². The zero-order valence-corrected chi connectivity index (χ0v) is 15.4. The highest BCUT2D eigenvalue weighted by atomic mass is 16.5. The summed E-state index contributed by atoms with van der Waals surface area (Å²) in [6.45, 7) is 9.43. The fraction of sp³-hybridized carbons (Fsp3) is 0.632. The van der Waals surface area contributed by atoms with E-state index in [-0.39, 0.29) is 29.5 Å². The molecule has 0 unspecified atom stereocenters. The summed E-state index contributed by atoms with van der Waals surface area (Å²) in [5.41, 5.74) is 0.896. The molecule has 1 aromatic carbocycles. The second-order valence-electron chi connectivity index (χ2n) is 7.76. The van der Waals surface area contributed by atoms with Gasteiger partial charge in [0.25, 0.3) is 0 Å². The van der Waals surface area contributed by atoms with Gasteiger partial charge in [-0.05, 0) is 36.5 Å². The number of likely N-dealkylation sites (tertiary alicyclic amines) is 1. The van der Waals surface area contributed by atoms with E-state index in [9.17, 15) is 9.90 Å². The minimum absolute atomic E-state index is 0.0686. The average Bonchev–Trinajstić information content (AvgIpc) is 3.01. The van der Waals surface area contributed by atoms with Crippen molar-refractivity contribution in [2.45, 2.75) is 46.3 Å². The third-order valence-electron chi connectivity index (χ3n) is 4.76. The van der Waals surface area contributed by atoms with E-state index in [1.807, 2.05) is 24.3 Å². The molecule has 2 N–H and O–H groups in total. The van der Waals surface area contributed by atoms with Crippen LogP contribution in [0.3, 0.4) is 0 Å². The molecule has 0 aromatic heterocycles. The van der Waals surface area contributed by atoms with Crippen LogP contribution in [-0.4, -0.2) is 42.3 Å². The van der Waals surface area contributed by atoms with Crippen molar-refractivity contribution in [3.05, 3.63) is 29.8 Å². The molecule has 0 radical (unpaired) electrons. The summed E-state index contributed by atoms with van der Waals surface area (Å²) in [5.74, 6) is 0.951. The SMILES string of the molecule is COc1cccc([C@H](NC(=O)N2CC[C@@H]([C@@H](C)O)C2)C(C)(C)C)c1. The smallest absolute Gasteiger partial charge is 0.317 e. The highest BCUT2D eigenvalue weighted by Gasteiger charge is 2.33. The summed E-state index contributed by atoms with van der Waals surface area (Å²) in [5, 5.41) is 12.9. The van der Waals surface area contributed by atoms with E-state index < -0.39 is 0 Å². The maximum Gasteiger partial charge on any atom is 0.317 e. The molecular formula is C19H30N2O3. The number of hydrogen-bond acceptors (Lipinski definition) is 3. The number of rotatable bonds is 4. The second kappa shape index (κ2) is 7.43. The van der Waals surface area contributed by atoms with Crippen LogP contribution >= 0.6 is 0 Å². The molecule has 134 valence electrons. The first-order valence-corrected chi connectivity index (χ1v) is 8.60. The van der Waals surface area contributed by atoms with E-state index in [2.05, 4.69) is 26.1 Å². The summed E-state index contributed by atoms with van der Waals surface area (Å²) in [6, 6.07) is 7.64. The van der Waals surface area contributed by atoms with Crippen molar-refractivity contribution >= 4 is 6.03 Å². The Balaban J connectivity index is 2.13. The number of nitrogens with one attached hydrogen (secondary N) is 1. The van der Waals surface area contributed by atoms with Gasteiger partial charge in [0.1, 0.15) is 5.75 Å². The molecule has 0 saturated carbocycles. The van der Waals surface area contributed by atoms with E-state index in [0.29, 0.717) is 13.1 Å². The molecule has 0 aliphatic carbocycles. The van der Waals surface area contributed by atoms with Crippen LogP contribution in [0.25, 0.3) is 0 Å². The molecule has 0 bridgehead atoms. The Morgan fingerprint density at radius 1 is 1.42 bits per heavy atom. The molecule has 1 heterocycles. The predicted octanol–water partition coefficient (Wildman–Crippen LogP) is 3.19. The molecule has 3 atom stereocenters. The number of benzene rings is 1. The van der Waals surface area contributed by atoms with Crippen LogP contribution in [0.5, 0.6) is 5.75 Å². The van der Waals surface area contributed by atoms with Crippen LogP contribution in [-0.2, 0) is 0 Å². The summed E-state index contributed by atoms with van der Waals surface area (Å²) in [7, 11) is 1.64. The van der Waals surface area contributed by atoms with Gasteiger partial charge >= 0.3 is 6.03 Å². The number of methoxy groups -OCH3 is 1. The van der Waals surface area contributed by atoms with Gasteiger partial charge in [-0.3, -0.25) is 0 Å². The first kappa shape index (κ1) is 18.6. The summed E-state index contributed by atoms with van der Waals surface area (Å²) < 4.78 is 5.31. The number of aliphatic hydroxyl groups is 1. The lowest BCUT2D eigenvalue weighted by Gasteiger charge is -2.33. The number of carbonyl (C=O) groups is 1. The molecule has 2 rings (SSSR count). The number of amides is 2. The van der Waals surface area contributed by atoms with Crippen molar-refractivity contribution in [3.8, 4) is 5.75 Å². The van der Waals surface area contributed by atoms with Gasteiger partial charge < -0.3 is 20.1 Å². The zero-order chi connectivity index (χ0) is 17.9. The van der Waals surface area contributed by atoms with Crippen molar-refractivity contribution in [2.75, 3.05) is 20.2 Å². The highest BCUT2D eigenvalue weighted by Crippen LogP contribution is 2.34. The zero-order valence-electron chi connectivity index (χ0n) is 15.4. The molecule has 2 amide bonds. The number of aliphatic hydroxyl groups excluding tert-OH is 1. The fourth-order valence-corrected chi connectivity index (χ4v) is 3.20. The minimum Gasteiger partial charge on any atom is -0.497 e. The van der Waals surface area contributed by atoms with Crippen LogP contribution in [0.15, 0.2) is 24.3 Å². The van der Waals surface area contributed by atoms with Gasteiger partial charge in [0, 0.05) is 19.0 Å². The normalized spacial score (nSPS) is 20.6. The molecule has 1 aliphatic heterocycles.